The van der Waals surface area contributed by atoms with Crippen LogP contribution >= 0.6 is 0 Å². The molecule has 42 heavy (non-hydrogen) atoms. The number of nitrogen functional groups attached to an aromatic ring is 1. The minimum atomic E-state index is -0.373. The van der Waals surface area contributed by atoms with Gasteiger partial charge in [-0.15, -0.1) is 0 Å². The topological polar surface area (TPSA) is 76.2 Å². The number of nitrogens with one attached hydrogen (secondary N) is 1. The van der Waals surface area contributed by atoms with E-state index in [1.54, 1.807) is 6.07 Å². The summed E-state index contributed by atoms with van der Waals surface area (Å²) in [6.45, 7) is 21.3. The van der Waals surface area contributed by atoms with E-state index in [9.17, 15) is 0 Å². The predicted octanol–water partition coefficient (Wildman–Crippen LogP) is 10.0. The minimum Gasteiger partial charge on any atom is -0.383 e. The number of halogens is 1. The normalized spacial score (nSPS) is 14.8. The third-order valence-electron chi connectivity index (χ3n) is 8.15. The largest absolute Gasteiger partial charge is 0.383 e. The molecule has 5 nitrogen and oxygen atoms in total. The van der Waals surface area contributed by atoms with Gasteiger partial charge in [-0.05, 0) is 107 Å². The van der Waals surface area contributed by atoms with Crippen molar-refractivity contribution in [2.75, 3.05) is 11.1 Å². The quantitative estimate of drug-likeness (QED) is 0.145. The van der Waals surface area contributed by atoms with Crippen LogP contribution in [-0.4, -0.2) is 21.8 Å². The molecule has 2 aromatic carbocycles. The van der Waals surface area contributed by atoms with Crippen molar-refractivity contribution in [1.29, 1.82) is 0 Å². The van der Waals surface area contributed by atoms with Crippen molar-refractivity contribution in [2.45, 2.75) is 100 Å². The SMILES string of the molecule is CC/C=C/C(=NC(C)/C(C)=C(/C)CC)Nc1nc(N)c2cc(F)cc(-c3c(C)cc(C(C)/C=C(/C)CC)cc3C)c2n1. The number of nitrogens with two attached hydrogens (primary N) is 1. The molecule has 0 fully saturated rings. The summed E-state index contributed by atoms with van der Waals surface area (Å²) in [5.41, 5.74) is 16.0. The molecule has 0 radical (unpaired) electrons. The van der Waals surface area contributed by atoms with Gasteiger partial charge < -0.3 is 11.1 Å². The minimum absolute atomic E-state index is 0.0152. The Kier molecular flexibility index (Phi) is 11.2. The number of nitrogens with zero attached hydrogens (tertiary/aromatic N) is 3. The molecule has 3 rings (SSSR count). The Morgan fingerprint density at radius 3 is 2.26 bits per heavy atom. The monoisotopic (exact) mass is 569 g/mol. The summed E-state index contributed by atoms with van der Waals surface area (Å²) in [6.07, 6.45) is 9.18. The second kappa shape index (κ2) is 14.4. The van der Waals surface area contributed by atoms with Gasteiger partial charge in [-0.3, -0.25) is 4.99 Å². The van der Waals surface area contributed by atoms with Gasteiger partial charge in [0, 0.05) is 10.9 Å². The Morgan fingerprint density at radius 1 is 1.00 bits per heavy atom. The van der Waals surface area contributed by atoms with Crippen LogP contribution in [0.3, 0.4) is 0 Å². The molecular weight excluding hydrogens is 521 g/mol. The summed E-state index contributed by atoms with van der Waals surface area (Å²) < 4.78 is 15.0. The molecule has 1 aromatic heterocycles. The molecule has 224 valence electrons. The van der Waals surface area contributed by atoms with Crippen molar-refractivity contribution in [2.24, 2.45) is 4.99 Å². The number of hydrogen-bond donors (Lipinski definition) is 2. The lowest BCUT2D eigenvalue weighted by Gasteiger charge is -2.18. The number of aromatic nitrogens is 2. The molecule has 2 atom stereocenters. The van der Waals surface area contributed by atoms with E-state index in [0.717, 1.165) is 36.0 Å². The number of benzene rings is 2. The zero-order valence-electron chi connectivity index (χ0n) is 27.1. The number of fused-ring (bicyclic) bond motifs is 1. The van der Waals surface area contributed by atoms with Gasteiger partial charge in [0.05, 0.1) is 11.6 Å². The molecule has 0 saturated carbocycles. The molecule has 0 aliphatic carbocycles. The number of anilines is 2. The van der Waals surface area contributed by atoms with Crippen molar-refractivity contribution in [3.63, 3.8) is 0 Å². The molecule has 1 heterocycles. The zero-order valence-corrected chi connectivity index (χ0v) is 27.1. The molecule has 6 heteroatoms. The summed E-state index contributed by atoms with van der Waals surface area (Å²) in [5, 5.41) is 3.79. The second-order valence-corrected chi connectivity index (χ2v) is 11.4. The van der Waals surface area contributed by atoms with Crippen molar-refractivity contribution in [3.8, 4) is 11.1 Å². The number of aliphatic imine (C=N–C) groups is 1. The standard InChI is InChI=1S/C36H48FN5/c1-11-14-15-32(39-27(10)26(9)22(5)13-3)40-36-41-34-30(19-29(37)20-31(34)35(38)42-36)33-24(7)17-28(18-25(33)8)23(6)16-21(4)12-2/h14-20,23,27H,11-13H2,1-10H3,(H3,38,39,40,41,42)/b15-14+,21-16-,26-22-. The van der Waals surface area contributed by atoms with Crippen LogP contribution in [0.4, 0.5) is 16.2 Å². The van der Waals surface area contributed by atoms with Crippen LogP contribution in [0.2, 0.25) is 0 Å². The van der Waals surface area contributed by atoms with Crippen LogP contribution < -0.4 is 11.1 Å². The maximum atomic E-state index is 15.0. The first-order chi connectivity index (χ1) is 19.9. The van der Waals surface area contributed by atoms with Crippen LogP contribution in [0.15, 0.2) is 64.2 Å². The van der Waals surface area contributed by atoms with Gasteiger partial charge >= 0.3 is 0 Å². The molecule has 0 aliphatic rings. The first-order valence-electron chi connectivity index (χ1n) is 15.1. The van der Waals surface area contributed by atoms with Crippen LogP contribution in [-0.2, 0) is 0 Å². The highest BCUT2D eigenvalue weighted by Crippen LogP contribution is 2.37. The summed E-state index contributed by atoms with van der Waals surface area (Å²) in [7, 11) is 0. The third-order valence-corrected chi connectivity index (χ3v) is 8.15. The van der Waals surface area contributed by atoms with Gasteiger partial charge in [0.2, 0.25) is 5.95 Å². The Bertz CT molecular complexity index is 1540. The van der Waals surface area contributed by atoms with E-state index in [0.29, 0.717) is 28.3 Å². The van der Waals surface area contributed by atoms with Crippen LogP contribution in [0.5, 0.6) is 0 Å². The Balaban J connectivity index is 2.17. The van der Waals surface area contributed by atoms with E-state index in [-0.39, 0.29) is 23.6 Å². The molecule has 0 bridgehead atoms. The number of allylic oxidation sites excluding steroid dienone is 4. The second-order valence-electron chi connectivity index (χ2n) is 11.4. The Hall–Kier alpha value is -3.80. The molecule has 3 aromatic rings. The van der Waals surface area contributed by atoms with E-state index < -0.39 is 0 Å². The highest BCUT2D eigenvalue weighted by Gasteiger charge is 2.18. The van der Waals surface area contributed by atoms with Gasteiger partial charge in [-0.2, -0.15) is 4.98 Å². The highest BCUT2D eigenvalue weighted by atomic mass is 19.1. The van der Waals surface area contributed by atoms with Crippen molar-refractivity contribution in [1.82, 2.24) is 9.97 Å². The van der Waals surface area contributed by atoms with Crippen molar-refractivity contribution >= 4 is 28.5 Å². The first-order valence-corrected chi connectivity index (χ1v) is 15.1. The van der Waals surface area contributed by atoms with Gasteiger partial charge in [0.25, 0.3) is 0 Å². The maximum absolute atomic E-state index is 15.0. The van der Waals surface area contributed by atoms with Gasteiger partial charge in [0.15, 0.2) is 0 Å². The molecule has 3 N–H and O–H groups in total. The van der Waals surface area contributed by atoms with Crippen molar-refractivity contribution in [3.05, 3.63) is 81.7 Å². The first kappa shape index (κ1) is 32.7. The lowest BCUT2D eigenvalue weighted by atomic mass is 9.88. The number of amidine groups is 1. The average Bonchev–Trinajstić information content (AvgIpc) is 2.94. The number of rotatable bonds is 10. The summed E-state index contributed by atoms with van der Waals surface area (Å²) in [5.74, 6) is 1.10. The Labute approximate surface area is 252 Å². The van der Waals surface area contributed by atoms with Gasteiger partial charge in [0.1, 0.15) is 17.5 Å². The molecule has 0 amide bonds. The van der Waals surface area contributed by atoms with Gasteiger partial charge in [-0.25, -0.2) is 9.37 Å². The smallest absolute Gasteiger partial charge is 0.230 e. The summed E-state index contributed by atoms with van der Waals surface area (Å²) in [4.78, 5) is 14.3. The number of hydrogen-bond acceptors (Lipinski definition) is 4. The molecular formula is C36H48FN5. The van der Waals surface area contributed by atoms with E-state index in [4.69, 9.17) is 15.7 Å². The predicted molar refractivity (Wildman–Crippen MR) is 180 cm³/mol. The lowest BCUT2D eigenvalue weighted by molar-refractivity contribution is 0.630. The molecule has 2 unspecified atom stereocenters. The molecule has 0 spiro atoms. The summed E-state index contributed by atoms with van der Waals surface area (Å²) in [6, 6.07) is 7.34. The molecule has 0 saturated heterocycles. The fraction of sp³-hybridized carbons (Fsp3) is 0.417. The van der Waals surface area contributed by atoms with Crippen LogP contribution in [0, 0.1) is 19.7 Å². The van der Waals surface area contributed by atoms with E-state index in [1.807, 2.05) is 12.2 Å². The lowest BCUT2D eigenvalue weighted by Crippen LogP contribution is -2.16. The molecule has 0 aliphatic heterocycles. The van der Waals surface area contributed by atoms with Crippen molar-refractivity contribution < 1.29 is 4.39 Å². The Morgan fingerprint density at radius 2 is 1.67 bits per heavy atom. The average molecular weight is 570 g/mol. The number of aryl methyl sites for hydroxylation is 2. The zero-order chi connectivity index (χ0) is 31.1. The van der Waals surface area contributed by atoms with Crippen LogP contribution in [0.25, 0.3) is 22.0 Å². The van der Waals surface area contributed by atoms with Gasteiger partial charge in [-0.1, -0.05) is 68.7 Å². The fourth-order valence-corrected chi connectivity index (χ4v) is 5.19. The highest BCUT2D eigenvalue weighted by molar-refractivity contribution is 6.05. The fourth-order valence-electron chi connectivity index (χ4n) is 5.19. The van der Waals surface area contributed by atoms with Crippen LogP contribution in [0.1, 0.15) is 97.3 Å². The van der Waals surface area contributed by atoms with E-state index in [2.05, 4.69) is 97.7 Å². The summed E-state index contributed by atoms with van der Waals surface area (Å²) >= 11 is 0. The van der Waals surface area contributed by atoms with E-state index >= 15 is 4.39 Å². The maximum Gasteiger partial charge on any atom is 0.230 e. The van der Waals surface area contributed by atoms with E-state index in [1.165, 1.54) is 28.3 Å². The third kappa shape index (κ3) is 7.72.